The van der Waals surface area contributed by atoms with Gasteiger partial charge in [-0.2, -0.15) is 13.2 Å². The Balaban J connectivity index is 2.14. The van der Waals surface area contributed by atoms with Crippen LogP contribution in [0.25, 0.3) is 10.8 Å². The molecule has 0 atom stereocenters. The van der Waals surface area contributed by atoms with Gasteiger partial charge >= 0.3 is 6.18 Å². The first-order valence-corrected chi connectivity index (χ1v) is 8.11. The molecule has 1 heterocycles. The minimum absolute atomic E-state index is 0.267. The lowest BCUT2D eigenvalue weighted by atomic mass is 9.94. The van der Waals surface area contributed by atoms with Crippen molar-refractivity contribution in [1.82, 2.24) is 4.98 Å². The molecule has 2 aromatic carbocycles. The number of fused-ring (bicyclic) bond motifs is 1. The summed E-state index contributed by atoms with van der Waals surface area (Å²) >= 11 is 0. The maximum absolute atomic E-state index is 13.8. The molecular weight excluding hydrogens is 362 g/mol. The molecule has 0 N–H and O–H groups in total. The van der Waals surface area contributed by atoms with Crippen LogP contribution >= 0.6 is 0 Å². The highest BCUT2D eigenvalue weighted by atomic mass is 19.4. The van der Waals surface area contributed by atoms with Crippen LogP contribution in [0.3, 0.4) is 0 Å². The molecule has 0 saturated carbocycles. The van der Waals surface area contributed by atoms with Crippen LogP contribution in [0.5, 0.6) is 11.5 Å². The van der Waals surface area contributed by atoms with E-state index in [-0.39, 0.29) is 6.42 Å². The molecule has 3 aromatic rings. The van der Waals surface area contributed by atoms with Crippen molar-refractivity contribution >= 4 is 10.8 Å². The summed E-state index contributed by atoms with van der Waals surface area (Å²) < 4.78 is 62.9. The first-order valence-electron chi connectivity index (χ1n) is 8.11. The van der Waals surface area contributed by atoms with Gasteiger partial charge < -0.3 is 9.47 Å². The van der Waals surface area contributed by atoms with Gasteiger partial charge in [0.15, 0.2) is 0 Å². The minimum Gasteiger partial charge on any atom is -0.496 e. The van der Waals surface area contributed by atoms with Crippen LogP contribution in [0.2, 0.25) is 0 Å². The van der Waals surface area contributed by atoms with Crippen molar-refractivity contribution in [2.45, 2.75) is 19.5 Å². The predicted molar refractivity (Wildman–Crippen MR) is 93.8 cm³/mol. The molecule has 0 unspecified atom stereocenters. The summed E-state index contributed by atoms with van der Waals surface area (Å²) in [4.78, 5) is 3.49. The minimum atomic E-state index is -4.49. The van der Waals surface area contributed by atoms with Crippen LogP contribution in [-0.2, 0) is 12.6 Å². The van der Waals surface area contributed by atoms with Gasteiger partial charge in [0.1, 0.15) is 23.0 Å². The van der Waals surface area contributed by atoms with Gasteiger partial charge in [0.25, 0.3) is 0 Å². The van der Waals surface area contributed by atoms with E-state index in [1.807, 2.05) is 6.92 Å². The monoisotopic (exact) mass is 379 g/mol. The van der Waals surface area contributed by atoms with E-state index >= 15 is 0 Å². The van der Waals surface area contributed by atoms with Crippen LogP contribution in [0.4, 0.5) is 17.6 Å². The summed E-state index contributed by atoms with van der Waals surface area (Å²) in [7, 11) is 2.99. The second-order valence-electron chi connectivity index (χ2n) is 6.09. The van der Waals surface area contributed by atoms with Crippen LogP contribution < -0.4 is 9.47 Å². The Labute approximate surface area is 153 Å². The number of benzene rings is 2. The van der Waals surface area contributed by atoms with Crippen LogP contribution in [0, 0.1) is 12.7 Å². The largest absolute Gasteiger partial charge is 0.496 e. The van der Waals surface area contributed by atoms with Crippen molar-refractivity contribution < 1.29 is 27.0 Å². The third-order valence-electron chi connectivity index (χ3n) is 4.44. The lowest BCUT2D eigenvalue weighted by Gasteiger charge is -2.19. The maximum Gasteiger partial charge on any atom is 0.433 e. The number of rotatable bonds is 4. The number of aromatic nitrogens is 1. The quantitative estimate of drug-likeness (QED) is 0.576. The van der Waals surface area contributed by atoms with Crippen molar-refractivity contribution in [2.24, 2.45) is 0 Å². The second kappa shape index (κ2) is 7.06. The zero-order chi connectivity index (χ0) is 19.8. The smallest absolute Gasteiger partial charge is 0.433 e. The van der Waals surface area contributed by atoms with E-state index in [4.69, 9.17) is 9.47 Å². The highest BCUT2D eigenvalue weighted by Crippen LogP contribution is 2.41. The van der Waals surface area contributed by atoms with Crippen LogP contribution in [-0.4, -0.2) is 19.2 Å². The number of nitrogens with zero attached hydrogens (tertiary/aromatic N) is 1. The van der Waals surface area contributed by atoms with Crippen LogP contribution in [0.15, 0.2) is 36.5 Å². The molecule has 0 amide bonds. The normalized spacial score (nSPS) is 11.7. The lowest BCUT2D eigenvalue weighted by molar-refractivity contribution is -0.141. The van der Waals surface area contributed by atoms with Gasteiger partial charge in [-0.05, 0) is 42.3 Å². The zero-order valence-corrected chi connectivity index (χ0v) is 14.9. The standard InChI is InChI=1S/C20H17F4NO2/c1-11-15(8-12-4-7-17(25-10-12)20(22,23)24)19(27-3)16-9-13(21)5-6-14(16)18(11)26-2/h4-7,9-10H,8H2,1-3H3. The number of pyridine rings is 1. The molecule has 142 valence electrons. The van der Waals surface area contributed by atoms with Gasteiger partial charge in [-0.1, -0.05) is 6.07 Å². The first-order chi connectivity index (χ1) is 12.8. The summed E-state index contributed by atoms with van der Waals surface area (Å²) in [6.07, 6.45) is -3.04. The van der Waals surface area contributed by atoms with E-state index in [1.54, 1.807) is 6.07 Å². The van der Waals surface area contributed by atoms with E-state index in [2.05, 4.69) is 4.98 Å². The molecule has 0 radical (unpaired) electrons. The van der Waals surface area contributed by atoms with Gasteiger partial charge in [-0.15, -0.1) is 0 Å². The fraction of sp³-hybridized carbons (Fsp3) is 0.250. The number of hydrogen-bond donors (Lipinski definition) is 0. The van der Waals surface area contributed by atoms with Crippen molar-refractivity contribution in [3.8, 4) is 11.5 Å². The molecule has 3 nitrogen and oxygen atoms in total. The molecule has 7 heteroatoms. The summed E-state index contributed by atoms with van der Waals surface area (Å²) in [6, 6.07) is 6.61. The van der Waals surface area contributed by atoms with E-state index < -0.39 is 17.7 Å². The summed E-state index contributed by atoms with van der Waals surface area (Å²) in [5.41, 5.74) is 1.10. The van der Waals surface area contributed by atoms with Crippen molar-refractivity contribution in [3.63, 3.8) is 0 Å². The third kappa shape index (κ3) is 3.54. The van der Waals surface area contributed by atoms with Crippen molar-refractivity contribution in [1.29, 1.82) is 0 Å². The Morgan fingerprint density at radius 2 is 1.67 bits per heavy atom. The average molecular weight is 379 g/mol. The van der Waals surface area contributed by atoms with Crippen LogP contribution in [0.1, 0.15) is 22.4 Å². The molecule has 0 saturated heterocycles. The fourth-order valence-electron chi connectivity index (χ4n) is 3.18. The van der Waals surface area contributed by atoms with E-state index in [9.17, 15) is 17.6 Å². The van der Waals surface area contributed by atoms with Gasteiger partial charge in [-0.25, -0.2) is 4.39 Å². The van der Waals surface area contributed by atoms with Gasteiger partial charge in [0, 0.05) is 29.0 Å². The number of alkyl halides is 3. The van der Waals surface area contributed by atoms with Gasteiger partial charge in [0.2, 0.25) is 0 Å². The van der Waals surface area contributed by atoms with Crippen molar-refractivity contribution in [2.75, 3.05) is 14.2 Å². The fourth-order valence-corrected chi connectivity index (χ4v) is 3.18. The molecular formula is C20H17F4NO2. The van der Waals surface area contributed by atoms with Crippen molar-refractivity contribution in [3.05, 3.63) is 64.7 Å². The lowest BCUT2D eigenvalue weighted by Crippen LogP contribution is -2.08. The second-order valence-corrected chi connectivity index (χ2v) is 6.09. The molecule has 1 aromatic heterocycles. The third-order valence-corrected chi connectivity index (χ3v) is 4.44. The molecule has 0 fully saturated rings. The molecule has 0 spiro atoms. The summed E-state index contributed by atoms with van der Waals surface area (Å²) in [5.74, 6) is 0.609. The highest BCUT2D eigenvalue weighted by Gasteiger charge is 2.32. The first kappa shape index (κ1) is 18.9. The highest BCUT2D eigenvalue weighted by molar-refractivity contribution is 5.96. The topological polar surface area (TPSA) is 31.4 Å². The molecule has 3 rings (SSSR count). The number of hydrogen-bond acceptors (Lipinski definition) is 3. The molecule has 0 aliphatic carbocycles. The Kier molecular flexibility index (Phi) is 4.95. The van der Waals surface area contributed by atoms with Gasteiger partial charge in [-0.3, -0.25) is 4.98 Å². The maximum atomic E-state index is 13.8. The van der Waals surface area contributed by atoms with E-state index in [0.717, 1.165) is 11.6 Å². The Bertz CT molecular complexity index is 982. The van der Waals surface area contributed by atoms with E-state index in [0.29, 0.717) is 33.4 Å². The SMILES string of the molecule is COc1c(C)c(Cc2ccc(C(F)(F)F)nc2)c(OC)c2cc(F)ccc12. The van der Waals surface area contributed by atoms with E-state index in [1.165, 1.54) is 38.6 Å². The Morgan fingerprint density at radius 1 is 0.963 bits per heavy atom. The summed E-state index contributed by atoms with van der Waals surface area (Å²) in [6.45, 7) is 1.83. The molecule has 0 aliphatic rings. The van der Waals surface area contributed by atoms with Gasteiger partial charge in [0.05, 0.1) is 14.2 Å². The number of halogens is 4. The number of ether oxygens (including phenoxy) is 2. The number of methoxy groups -OCH3 is 2. The molecule has 27 heavy (non-hydrogen) atoms. The molecule has 0 bridgehead atoms. The Hall–Kier alpha value is -2.83. The Morgan fingerprint density at radius 3 is 2.22 bits per heavy atom. The molecule has 0 aliphatic heterocycles. The zero-order valence-electron chi connectivity index (χ0n) is 14.9. The summed E-state index contributed by atoms with van der Waals surface area (Å²) in [5, 5.41) is 1.23. The predicted octanol–water partition coefficient (Wildman–Crippen LogP) is 5.31. The average Bonchev–Trinajstić information content (AvgIpc) is 2.62.